The number of urea groups is 1. The number of hydrogen-bond acceptors (Lipinski definition) is 3. The molecule has 1 saturated heterocycles. The molecule has 0 aromatic heterocycles. The lowest BCUT2D eigenvalue weighted by Gasteiger charge is -2.26. The Kier molecular flexibility index (Phi) is 4.95. The van der Waals surface area contributed by atoms with Gasteiger partial charge in [-0.15, -0.1) is 0 Å². The average Bonchev–Trinajstić information content (AvgIpc) is 2.72. The maximum absolute atomic E-state index is 11.7. The molecule has 6 nitrogen and oxygen atoms in total. The Morgan fingerprint density at radius 3 is 2.61 bits per heavy atom. The van der Waals surface area contributed by atoms with Crippen molar-refractivity contribution in [2.45, 2.75) is 44.7 Å². The number of carbonyl (C=O) groups excluding carboxylic acids is 1. The molecule has 6 heteroatoms. The van der Waals surface area contributed by atoms with E-state index in [-0.39, 0.29) is 0 Å². The number of aliphatic carboxylic acids is 1. The summed E-state index contributed by atoms with van der Waals surface area (Å²) < 4.78 is 0. The molecule has 2 amide bonds. The monoisotopic (exact) mass is 257 g/mol. The van der Waals surface area contributed by atoms with Crippen LogP contribution in [0.15, 0.2) is 0 Å². The van der Waals surface area contributed by atoms with E-state index < -0.39 is 17.5 Å². The van der Waals surface area contributed by atoms with Crippen molar-refractivity contribution in [1.82, 2.24) is 15.5 Å². The van der Waals surface area contributed by atoms with Crippen molar-refractivity contribution < 1.29 is 14.7 Å². The molecular formula is C12H23N3O3. The summed E-state index contributed by atoms with van der Waals surface area (Å²) in [6.07, 6.45) is 2.56. The van der Waals surface area contributed by atoms with Gasteiger partial charge in [0.2, 0.25) is 0 Å². The van der Waals surface area contributed by atoms with Gasteiger partial charge in [-0.3, -0.25) is 0 Å². The smallest absolute Gasteiger partial charge is 0.329 e. The molecule has 1 heterocycles. The molecule has 3 N–H and O–H groups in total. The first kappa shape index (κ1) is 14.8. The lowest BCUT2D eigenvalue weighted by atomic mass is 10.00. The molecule has 104 valence electrons. The van der Waals surface area contributed by atoms with Crippen molar-refractivity contribution in [3.63, 3.8) is 0 Å². The lowest BCUT2D eigenvalue weighted by Crippen LogP contribution is -2.55. The molecule has 2 atom stereocenters. The fourth-order valence-corrected chi connectivity index (χ4v) is 2.04. The number of amides is 2. The van der Waals surface area contributed by atoms with Gasteiger partial charge in [0, 0.05) is 12.6 Å². The second-order valence-electron chi connectivity index (χ2n) is 5.10. The van der Waals surface area contributed by atoms with Gasteiger partial charge in [-0.25, -0.2) is 9.59 Å². The van der Waals surface area contributed by atoms with Crippen LogP contribution in [-0.2, 0) is 4.79 Å². The molecule has 1 aliphatic heterocycles. The zero-order valence-electron chi connectivity index (χ0n) is 11.3. The van der Waals surface area contributed by atoms with Crippen LogP contribution in [0.1, 0.15) is 33.1 Å². The SMILES string of the molecule is CCC(C)(NC(=O)NCC1CCCN1C)C(=O)O. The Bertz CT molecular complexity index is 322. The fourth-order valence-electron chi connectivity index (χ4n) is 2.04. The Balaban J connectivity index is 2.39. The van der Waals surface area contributed by atoms with E-state index in [0.717, 1.165) is 19.4 Å². The van der Waals surface area contributed by atoms with E-state index in [1.807, 2.05) is 7.05 Å². The zero-order chi connectivity index (χ0) is 13.8. The molecule has 0 radical (unpaired) electrons. The molecule has 0 bridgehead atoms. The molecule has 1 rings (SSSR count). The van der Waals surface area contributed by atoms with Gasteiger partial charge in [0.25, 0.3) is 0 Å². The number of likely N-dealkylation sites (N-methyl/N-ethyl adjacent to an activating group) is 1. The van der Waals surface area contributed by atoms with Crippen LogP contribution in [0, 0.1) is 0 Å². The summed E-state index contributed by atoms with van der Waals surface area (Å²) in [7, 11) is 2.03. The number of likely N-dealkylation sites (tertiary alicyclic amines) is 1. The molecular weight excluding hydrogens is 234 g/mol. The summed E-state index contributed by atoms with van der Waals surface area (Å²) in [5.74, 6) is -1.02. The van der Waals surface area contributed by atoms with Crippen molar-refractivity contribution >= 4 is 12.0 Å². The summed E-state index contributed by atoms with van der Waals surface area (Å²) in [4.78, 5) is 24.9. The number of carboxylic acid groups (broad SMARTS) is 1. The minimum atomic E-state index is -1.20. The van der Waals surface area contributed by atoms with Crippen molar-refractivity contribution in [3.8, 4) is 0 Å². The third-order valence-electron chi connectivity index (χ3n) is 3.74. The molecule has 0 aromatic rings. The fraction of sp³-hybridized carbons (Fsp3) is 0.833. The molecule has 0 spiro atoms. The maximum atomic E-state index is 11.7. The highest BCUT2D eigenvalue weighted by Crippen LogP contribution is 2.13. The predicted molar refractivity (Wildman–Crippen MR) is 68.5 cm³/mol. The minimum Gasteiger partial charge on any atom is -0.480 e. The van der Waals surface area contributed by atoms with Crippen LogP contribution < -0.4 is 10.6 Å². The van der Waals surface area contributed by atoms with E-state index in [1.54, 1.807) is 6.92 Å². The number of nitrogens with zero attached hydrogens (tertiary/aromatic N) is 1. The first-order chi connectivity index (χ1) is 8.39. The van der Waals surface area contributed by atoms with E-state index in [9.17, 15) is 9.59 Å². The van der Waals surface area contributed by atoms with Crippen LogP contribution in [0.4, 0.5) is 4.79 Å². The molecule has 18 heavy (non-hydrogen) atoms. The predicted octanol–water partition coefficient (Wildman–Crippen LogP) is 0.633. The largest absolute Gasteiger partial charge is 0.480 e. The molecule has 0 saturated carbocycles. The Morgan fingerprint density at radius 2 is 2.17 bits per heavy atom. The van der Waals surface area contributed by atoms with Gasteiger partial charge < -0.3 is 20.6 Å². The van der Waals surface area contributed by atoms with Gasteiger partial charge in [-0.2, -0.15) is 0 Å². The summed E-state index contributed by atoms with van der Waals surface area (Å²) in [6, 6.07) is -0.0597. The number of rotatable bonds is 5. The third kappa shape index (κ3) is 3.60. The van der Waals surface area contributed by atoms with E-state index in [1.165, 1.54) is 6.92 Å². The summed E-state index contributed by atoms with van der Waals surface area (Å²) in [6.45, 7) is 4.85. The molecule has 2 unspecified atom stereocenters. The molecule has 1 aliphatic rings. The van der Waals surface area contributed by atoms with Gasteiger partial charge in [-0.1, -0.05) is 6.92 Å². The van der Waals surface area contributed by atoms with Crippen LogP contribution in [-0.4, -0.2) is 53.7 Å². The minimum absolute atomic E-state index is 0.346. The number of nitrogens with one attached hydrogen (secondary N) is 2. The van der Waals surface area contributed by atoms with Crippen molar-refractivity contribution in [1.29, 1.82) is 0 Å². The highest BCUT2D eigenvalue weighted by molar-refractivity contribution is 5.85. The first-order valence-electron chi connectivity index (χ1n) is 6.38. The highest BCUT2D eigenvalue weighted by atomic mass is 16.4. The van der Waals surface area contributed by atoms with E-state index >= 15 is 0 Å². The van der Waals surface area contributed by atoms with E-state index in [2.05, 4.69) is 15.5 Å². The standard InChI is InChI=1S/C12H23N3O3/c1-4-12(2,10(16)17)14-11(18)13-8-9-6-5-7-15(9)3/h9H,4-8H2,1-3H3,(H,16,17)(H2,13,14,18). The third-order valence-corrected chi connectivity index (χ3v) is 3.74. The van der Waals surface area contributed by atoms with Gasteiger partial charge in [0.15, 0.2) is 0 Å². The van der Waals surface area contributed by atoms with Crippen LogP contribution in [0.2, 0.25) is 0 Å². The maximum Gasteiger partial charge on any atom is 0.329 e. The van der Waals surface area contributed by atoms with Crippen LogP contribution in [0.3, 0.4) is 0 Å². The van der Waals surface area contributed by atoms with Crippen LogP contribution >= 0.6 is 0 Å². The summed E-state index contributed by atoms with van der Waals surface area (Å²) in [5.41, 5.74) is -1.20. The topological polar surface area (TPSA) is 81.7 Å². The second kappa shape index (κ2) is 6.04. The van der Waals surface area contributed by atoms with E-state index in [0.29, 0.717) is 19.0 Å². The van der Waals surface area contributed by atoms with Gasteiger partial charge in [-0.05, 0) is 39.8 Å². The first-order valence-corrected chi connectivity index (χ1v) is 6.38. The normalized spacial score (nSPS) is 23.4. The molecule has 0 aliphatic carbocycles. The van der Waals surface area contributed by atoms with Crippen LogP contribution in [0.5, 0.6) is 0 Å². The van der Waals surface area contributed by atoms with Crippen molar-refractivity contribution in [3.05, 3.63) is 0 Å². The van der Waals surface area contributed by atoms with Crippen molar-refractivity contribution in [2.24, 2.45) is 0 Å². The number of carboxylic acids is 1. The number of carbonyl (C=O) groups is 2. The Morgan fingerprint density at radius 1 is 1.50 bits per heavy atom. The average molecular weight is 257 g/mol. The summed E-state index contributed by atoms with van der Waals surface area (Å²) in [5, 5.41) is 14.3. The van der Waals surface area contributed by atoms with Gasteiger partial charge in [0.05, 0.1) is 0 Å². The van der Waals surface area contributed by atoms with Crippen LogP contribution in [0.25, 0.3) is 0 Å². The van der Waals surface area contributed by atoms with Crippen molar-refractivity contribution in [2.75, 3.05) is 20.1 Å². The van der Waals surface area contributed by atoms with Gasteiger partial charge >= 0.3 is 12.0 Å². The molecule has 0 aromatic carbocycles. The van der Waals surface area contributed by atoms with Gasteiger partial charge in [0.1, 0.15) is 5.54 Å². The second-order valence-corrected chi connectivity index (χ2v) is 5.10. The Labute approximate surface area is 108 Å². The highest BCUT2D eigenvalue weighted by Gasteiger charge is 2.33. The number of hydrogen-bond donors (Lipinski definition) is 3. The molecule has 1 fully saturated rings. The van der Waals surface area contributed by atoms with E-state index in [4.69, 9.17) is 5.11 Å². The lowest BCUT2D eigenvalue weighted by molar-refractivity contribution is -0.143. The quantitative estimate of drug-likeness (QED) is 0.675. The zero-order valence-corrected chi connectivity index (χ0v) is 11.3. The Hall–Kier alpha value is -1.30. The summed E-state index contributed by atoms with van der Waals surface area (Å²) >= 11 is 0.